The number of hydrogen-bond donors (Lipinski definition) is 3. The Hall–Kier alpha value is -4.18. The Morgan fingerprint density at radius 3 is 2.34 bits per heavy atom. The fraction of sp³-hybridized carbons (Fsp3) is 0.294. The molecule has 230 valence electrons. The summed E-state index contributed by atoms with van der Waals surface area (Å²) in [5, 5.41) is 12.9. The van der Waals surface area contributed by atoms with Crippen LogP contribution in [0.5, 0.6) is 5.75 Å². The number of nitrogens with zero attached hydrogens (tertiary/aromatic N) is 2. The Labute approximate surface area is 261 Å². The molecular formula is C34H36ClFN4O4. The van der Waals surface area contributed by atoms with Gasteiger partial charge in [0.2, 0.25) is 5.91 Å². The van der Waals surface area contributed by atoms with E-state index in [2.05, 4.69) is 5.32 Å². The summed E-state index contributed by atoms with van der Waals surface area (Å²) in [7, 11) is 1.86. The first-order chi connectivity index (χ1) is 21.2. The molecular weight excluding hydrogens is 583 g/mol. The molecule has 0 aliphatic carbocycles. The second-order valence-electron chi connectivity index (χ2n) is 11.0. The van der Waals surface area contributed by atoms with E-state index < -0.39 is 11.4 Å². The zero-order valence-corrected chi connectivity index (χ0v) is 25.3. The summed E-state index contributed by atoms with van der Waals surface area (Å²) >= 11 is 6.63. The molecule has 4 N–H and O–H groups in total. The zero-order chi connectivity index (χ0) is 31.3. The summed E-state index contributed by atoms with van der Waals surface area (Å²) in [6.07, 6.45) is 1.24. The van der Waals surface area contributed by atoms with Crippen LogP contribution in [0, 0.1) is 5.82 Å². The van der Waals surface area contributed by atoms with E-state index in [9.17, 15) is 14.0 Å². The normalized spacial score (nSPS) is 14.4. The maximum Gasteiger partial charge on any atom is 0.270 e. The molecule has 0 bridgehead atoms. The van der Waals surface area contributed by atoms with Crippen molar-refractivity contribution in [2.24, 2.45) is 12.8 Å². The molecule has 1 aromatic heterocycles. The summed E-state index contributed by atoms with van der Waals surface area (Å²) in [5.74, 6) is -0.274. The predicted molar refractivity (Wildman–Crippen MR) is 169 cm³/mol. The summed E-state index contributed by atoms with van der Waals surface area (Å²) in [6.45, 7) is 1.50. The minimum absolute atomic E-state index is 0.0620. The van der Waals surface area contributed by atoms with E-state index in [1.807, 2.05) is 66.2 Å². The molecule has 1 aliphatic rings. The Balaban J connectivity index is 1.39. The molecule has 0 spiro atoms. The minimum atomic E-state index is -0.978. The van der Waals surface area contributed by atoms with Crippen molar-refractivity contribution in [3.8, 4) is 28.1 Å². The van der Waals surface area contributed by atoms with Gasteiger partial charge < -0.3 is 25.0 Å². The van der Waals surface area contributed by atoms with E-state index in [0.717, 1.165) is 27.9 Å². The zero-order valence-electron chi connectivity index (χ0n) is 24.6. The van der Waals surface area contributed by atoms with Crippen molar-refractivity contribution in [3.63, 3.8) is 0 Å². The van der Waals surface area contributed by atoms with Crippen LogP contribution in [0.4, 0.5) is 4.39 Å². The molecule has 44 heavy (non-hydrogen) atoms. The lowest BCUT2D eigenvalue weighted by atomic mass is 9.86. The number of benzene rings is 3. The third kappa shape index (κ3) is 6.65. The Bertz CT molecular complexity index is 1610. The van der Waals surface area contributed by atoms with Crippen molar-refractivity contribution >= 4 is 23.4 Å². The lowest BCUT2D eigenvalue weighted by molar-refractivity contribution is -0.126. The highest BCUT2D eigenvalue weighted by Crippen LogP contribution is 2.39. The van der Waals surface area contributed by atoms with Gasteiger partial charge in [-0.3, -0.25) is 14.9 Å². The van der Waals surface area contributed by atoms with Crippen LogP contribution in [0.2, 0.25) is 5.02 Å². The van der Waals surface area contributed by atoms with Gasteiger partial charge in [-0.2, -0.15) is 0 Å². The number of ether oxygens (including phenoxy) is 1. The van der Waals surface area contributed by atoms with Crippen LogP contribution in [0.15, 0.2) is 78.9 Å². The van der Waals surface area contributed by atoms with Gasteiger partial charge in [0.1, 0.15) is 22.8 Å². The fourth-order valence-electron chi connectivity index (χ4n) is 5.64. The lowest BCUT2D eigenvalue weighted by Crippen LogP contribution is -2.61. The van der Waals surface area contributed by atoms with Crippen molar-refractivity contribution in [1.29, 1.82) is 0 Å². The smallest absolute Gasteiger partial charge is 0.270 e. The standard InChI is InChI=1S/C34H36ClFN4O4/c1-39-30(32(42)40-17-15-34(16-18-40,33(37)43)38-22-23-7-11-25(36)12-8-23)21-28(27-5-2-3-6-29(27)35)31(39)24-9-13-26(14-10-24)44-20-4-19-41/h2-3,5-14,21,38,41H,4,15-20,22H2,1H3,(H2,37,43). The highest BCUT2D eigenvalue weighted by atomic mass is 35.5. The molecule has 0 atom stereocenters. The Morgan fingerprint density at radius 2 is 1.70 bits per heavy atom. The van der Waals surface area contributed by atoms with Crippen LogP contribution in [0.3, 0.4) is 0 Å². The van der Waals surface area contributed by atoms with Gasteiger partial charge in [-0.1, -0.05) is 41.9 Å². The molecule has 8 nitrogen and oxygen atoms in total. The molecule has 1 saturated heterocycles. The van der Waals surface area contributed by atoms with Crippen LogP contribution < -0.4 is 15.8 Å². The largest absolute Gasteiger partial charge is 0.494 e. The molecule has 3 aromatic carbocycles. The van der Waals surface area contributed by atoms with Crippen molar-refractivity contribution in [2.75, 3.05) is 26.3 Å². The van der Waals surface area contributed by atoms with Gasteiger partial charge in [0.15, 0.2) is 0 Å². The average Bonchev–Trinajstić information content (AvgIpc) is 3.37. The van der Waals surface area contributed by atoms with Crippen LogP contribution in [0.25, 0.3) is 22.4 Å². The number of hydrogen-bond acceptors (Lipinski definition) is 5. The molecule has 4 aromatic rings. The number of halogens is 2. The fourth-order valence-corrected chi connectivity index (χ4v) is 5.88. The molecule has 2 amide bonds. The van der Waals surface area contributed by atoms with Gasteiger partial charge in [0.25, 0.3) is 5.91 Å². The van der Waals surface area contributed by atoms with Crippen LogP contribution >= 0.6 is 11.6 Å². The van der Waals surface area contributed by atoms with E-state index in [1.165, 1.54) is 12.1 Å². The van der Waals surface area contributed by atoms with Crippen molar-refractivity contribution in [3.05, 3.63) is 101 Å². The number of nitrogens with one attached hydrogen (secondary N) is 1. The van der Waals surface area contributed by atoms with E-state index in [1.54, 1.807) is 17.0 Å². The lowest BCUT2D eigenvalue weighted by Gasteiger charge is -2.40. The molecule has 1 fully saturated rings. The molecule has 1 aliphatic heterocycles. The van der Waals surface area contributed by atoms with Crippen LogP contribution in [-0.4, -0.2) is 58.2 Å². The van der Waals surface area contributed by atoms with E-state index in [-0.39, 0.29) is 18.3 Å². The summed E-state index contributed by atoms with van der Waals surface area (Å²) in [4.78, 5) is 28.3. The number of nitrogens with two attached hydrogens (primary N) is 1. The SMILES string of the molecule is Cn1c(C(=O)N2CCC(NCc3ccc(F)cc3)(C(N)=O)CC2)cc(-c2ccccc2Cl)c1-c1ccc(OCCCO)cc1. The third-order valence-electron chi connectivity index (χ3n) is 8.24. The van der Waals surface area contributed by atoms with E-state index >= 15 is 0 Å². The van der Waals surface area contributed by atoms with Gasteiger partial charge in [-0.05, 0) is 72.5 Å². The minimum Gasteiger partial charge on any atom is -0.494 e. The number of aliphatic hydroxyl groups excluding tert-OH is 1. The molecule has 0 unspecified atom stereocenters. The second kappa shape index (κ2) is 13.6. The van der Waals surface area contributed by atoms with Crippen LogP contribution in [0.1, 0.15) is 35.3 Å². The Kier molecular flexibility index (Phi) is 9.68. The van der Waals surface area contributed by atoms with Gasteiger partial charge in [-0.15, -0.1) is 0 Å². The number of likely N-dealkylation sites (tertiary alicyclic amines) is 1. The molecule has 2 heterocycles. The summed E-state index contributed by atoms with van der Waals surface area (Å²) in [5.41, 5.74) is 9.53. The number of piperidine rings is 1. The first-order valence-electron chi connectivity index (χ1n) is 14.6. The van der Waals surface area contributed by atoms with Crippen molar-refractivity contribution < 1.29 is 23.8 Å². The Morgan fingerprint density at radius 1 is 1.02 bits per heavy atom. The molecule has 10 heteroatoms. The summed E-state index contributed by atoms with van der Waals surface area (Å²) < 4.78 is 20.9. The van der Waals surface area contributed by atoms with Gasteiger partial charge in [0, 0.05) is 55.9 Å². The topological polar surface area (TPSA) is 110 Å². The summed E-state index contributed by atoms with van der Waals surface area (Å²) in [6, 6.07) is 23.1. The first kappa shape index (κ1) is 31.3. The van der Waals surface area contributed by atoms with Gasteiger partial charge in [-0.25, -0.2) is 4.39 Å². The number of aliphatic hydroxyl groups is 1. The van der Waals surface area contributed by atoms with Gasteiger partial charge in [0.05, 0.1) is 12.3 Å². The molecule has 0 saturated carbocycles. The first-order valence-corrected chi connectivity index (χ1v) is 15.0. The van der Waals surface area contributed by atoms with E-state index in [0.29, 0.717) is 62.0 Å². The molecule has 5 rings (SSSR count). The van der Waals surface area contributed by atoms with Gasteiger partial charge >= 0.3 is 0 Å². The quantitative estimate of drug-likeness (QED) is 0.201. The third-order valence-corrected chi connectivity index (χ3v) is 8.56. The van der Waals surface area contributed by atoms with Crippen molar-refractivity contribution in [1.82, 2.24) is 14.8 Å². The second-order valence-corrected chi connectivity index (χ2v) is 11.4. The number of carbonyl (C=O) groups is 2. The highest BCUT2D eigenvalue weighted by molar-refractivity contribution is 6.33. The number of rotatable bonds is 11. The maximum atomic E-state index is 14.0. The number of amides is 2. The number of primary amides is 1. The van der Waals surface area contributed by atoms with E-state index in [4.69, 9.17) is 27.2 Å². The maximum absolute atomic E-state index is 14.0. The monoisotopic (exact) mass is 618 g/mol. The molecule has 0 radical (unpaired) electrons. The highest BCUT2D eigenvalue weighted by Gasteiger charge is 2.41. The van der Waals surface area contributed by atoms with Crippen molar-refractivity contribution in [2.45, 2.75) is 31.3 Å². The number of carbonyl (C=O) groups excluding carboxylic acids is 2. The van der Waals surface area contributed by atoms with Crippen LogP contribution in [-0.2, 0) is 18.4 Å². The average molecular weight is 619 g/mol. The number of aromatic nitrogens is 1. The predicted octanol–water partition coefficient (Wildman–Crippen LogP) is 5.16.